The maximum atomic E-state index is 13.3. The topological polar surface area (TPSA) is 69.6 Å². The first-order valence-electron chi connectivity index (χ1n) is 9.42. The molecule has 0 bridgehead atoms. The van der Waals surface area contributed by atoms with E-state index in [0.717, 1.165) is 5.56 Å². The van der Waals surface area contributed by atoms with E-state index in [1.54, 1.807) is 26.0 Å². The fourth-order valence-electron chi connectivity index (χ4n) is 2.91. The summed E-state index contributed by atoms with van der Waals surface area (Å²) in [6.07, 6.45) is 0.434. The first kappa shape index (κ1) is 21.6. The molecule has 1 atom stereocenters. The predicted molar refractivity (Wildman–Crippen MR) is 106 cm³/mol. The van der Waals surface area contributed by atoms with Crippen LogP contribution >= 0.6 is 0 Å². The van der Waals surface area contributed by atoms with E-state index in [9.17, 15) is 14.0 Å². The highest BCUT2D eigenvalue weighted by atomic mass is 19.1. The summed E-state index contributed by atoms with van der Waals surface area (Å²) in [5.74, 6) is -1.14. The maximum Gasteiger partial charge on any atom is 0.247 e. The van der Waals surface area contributed by atoms with Gasteiger partial charge in [-0.15, -0.1) is 0 Å². The lowest BCUT2D eigenvalue weighted by Gasteiger charge is -2.33. The monoisotopic (exact) mass is 386 g/mol. The van der Waals surface area contributed by atoms with E-state index in [1.165, 1.54) is 17.0 Å². The van der Waals surface area contributed by atoms with Crippen LogP contribution in [0.1, 0.15) is 37.4 Å². The Morgan fingerprint density at radius 2 is 1.71 bits per heavy atom. The molecule has 1 unspecified atom stereocenters. The highest BCUT2D eigenvalue weighted by Crippen LogP contribution is 2.25. The van der Waals surface area contributed by atoms with E-state index in [1.807, 2.05) is 30.3 Å². The van der Waals surface area contributed by atoms with Gasteiger partial charge in [-0.1, -0.05) is 56.3 Å². The molecule has 0 aliphatic heterocycles. The molecular formula is C22H27FN2O3. The van der Waals surface area contributed by atoms with Crippen molar-refractivity contribution in [1.82, 2.24) is 10.2 Å². The van der Waals surface area contributed by atoms with E-state index in [2.05, 4.69) is 5.32 Å². The zero-order chi connectivity index (χ0) is 20.5. The van der Waals surface area contributed by atoms with Crippen molar-refractivity contribution in [3.63, 3.8) is 0 Å². The molecule has 0 fully saturated rings. The minimum absolute atomic E-state index is 0.0273. The lowest BCUT2D eigenvalue weighted by molar-refractivity contribution is -0.144. The molecule has 0 heterocycles. The number of halogens is 1. The number of nitrogens with zero attached hydrogens (tertiary/aromatic N) is 1. The van der Waals surface area contributed by atoms with Gasteiger partial charge < -0.3 is 15.3 Å². The van der Waals surface area contributed by atoms with Gasteiger partial charge in [0.25, 0.3) is 0 Å². The van der Waals surface area contributed by atoms with Crippen LogP contribution < -0.4 is 5.32 Å². The standard InChI is InChI=1S/C22H27FN2O3/c1-16(2)22(28)25(15-17-9-11-19(23)12-10-17)20(18-7-4-3-5-8-18)21(27)24-13-6-14-26/h3-5,7-12,16,20,26H,6,13-15H2,1-2H3,(H,24,27). The molecule has 0 saturated heterocycles. The fourth-order valence-corrected chi connectivity index (χ4v) is 2.91. The van der Waals surface area contributed by atoms with Crippen molar-refractivity contribution < 1.29 is 19.1 Å². The van der Waals surface area contributed by atoms with Gasteiger partial charge in [0.1, 0.15) is 11.9 Å². The van der Waals surface area contributed by atoms with Gasteiger partial charge in [-0.05, 0) is 29.7 Å². The second-order valence-electron chi connectivity index (χ2n) is 6.93. The van der Waals surface area contributed by atoms with E-state index < -0.39 is 6.04 Å². The molecule has 2 aromatic carbocycles. The lowest BCUT2D eigenvalue weighted by Crippen LogP contribution is -2.45. The number of nitrogens with one attached hydrogen (secondary N) is 1. The van der Waals surface area contributed by atoms with Crippen molar-refractivity contribution in [2.75, 3.05) is 13.2 Å². The number of rotatable bonds is 9. The molecule has 2 N–H and O–H groups in total. The van der Waals surface area contributed by atoms with Crippen molar-refractivity contribution in [3.05, 3.63) is 71.5 Å². The van der Waals surface area contributed by atoms with Crippen LogP contribution in [0.25, 0.3) is 0 Å². The number of hydrogen-bond acceptors (Lipinski definition) is 3. The largest absolute Gasteiger partial charge is 0.396 e. The molecule has 5 nitrogen and oxygen atoms in total. The number of carbonyl (C=O) groups is 2. The molecule has 0 aromatic heterocycles. The molecule has 0 saturated carbocycles. The third-order valence-corrected chi connectivity index (χ3v) is 4.35. The summed E-state index contributed by atoms with van der Waals surface area (Å²) in [6, 6.07) is 14.2. The normalized spacial score (nSPS) is 11.9. The third kappa shape index (κ3) is 5.89. The smallest absolute Gasteiger partial charge is 0.247 e. The Morgan fingerprint density at radius 3 is 2.29 bits per heavy atom. The van der Waals surface area contributed by atoms with Crippen molar-refractivity contribution in [2.24, 2.45) is 5.92 Å². The SMILES string of the molecule is CC(C)C(=O)N(Cc1ccc(F)cc1)C(C(=O)NCCCO)c1ccccc1. The number of benzene rings is 2. The molecule has 6 heteroatoms. The third-order valence-electron chi connectivity index (χ3n) is 4.35. The van der Waals surface area contributed by atoms with Gasteiger partial charge in [-0.25, -0.2) is 4.39 Å². The molecule has 0 aliphatic carbocycles. The first-order valence-corrected chi connectivity index (χ1v) is 9.42. The van der Waals surface area contributed by atoms with Gasteiger partial charge in [-0.3, -0.25) is 9.59 Å². The van der Waals surface area contributed by atoms with Crippen LogP contribution in [0.5, 0.6) is 0 Å². The molecule has 2 amide bonds. The van der Waals surface area contributed by atoms with Gasteiger partial charge in [0.2, 0.25) is 11.8 Å². The van der Waals surface area contributed by atoms with Crippen molar-refractivity contribution in [2.45, 2.75) is 32.9 Å². The van der Waals surface area contributed by atoms with Crippen LogP contribution in [0.15, 0.2) is 54.6 Å². The van der Waals surface area contributed by atoms with Crippen LogP contribution in [-0.2, 0) is 16.1 Å². The molecule has 0 spiro atoms. The number of aliphatic hydroxyl groups is 1. The summed E-state index contributed by atoms with van der Waals surface area (Å²) in [4.78, 5) is 27.5. The summed E-state index contributed by atoms with van der Waals surface area (Å²) in [7, 11) is 0. The Bertz CT molecular complexity index is 763. The van der Waals surface area contributed by atoms with E-state index >= 15 is 0 Å². The Kier molecular flexibility index (Phi) is 8.14. The predicted octanol–water partition coefficient (Wildman–Crippen LogP) is 3.05. The minimum atomic E-state index is -0.820. The Hall–Kier alpha value is -2.73. The Labute approximate surface area is 165 Å². The van der Waals surface area contributed by atoms with Crippen LogP contribution in [0.2, 0.25) is 0 Å². The molecule has 0 aliphatic rings. The van der Waals surface area contributed by atoms with Gasteiger partial charge in [0.15, 0.2) is 0 Å². The van der Waals surface area contributed by atoms with Gasteiger partial charge in [0, 0.05) is 25.6 Å². The summed E-state index contributed by atoms with van der Waals surface area (Å²) >= 11 is 0. The van der Waals surface area contributed by atoms with E-state index in [4.69, 9.17) is 5.11 Å². The quantitative estimate of drug-likeness (QED) is 0.651. The van der Waals surface area contributed by atoms with Crippen molar-refractivity contribution in [3.8, 4) is 0 Å². The first-order chi connectivity index (χ1) is 13.4. The highest BCUT2D eigenvalue weighted by Gasteiger charge is 2.32. The van der Waals surface area contributed by atoms with Crippen LogP contribution in [0, 0.1) is 11.7 Å². The number of aliphatic hydroxyl groups excluding tert-OH is 1. The summed E-state index contributed by atoms with van der Waals surface area (Å²) < 4.78 is 13.3. The van der Waals surface area contributed by atoms with E-state index in [0.29, 0.717) is 18.5 Å². The molecule has 2 rings (SSSR count). The summed E-state index contributed by atoms with van der Waals surface area (Å²) in [6.45, 7) is 4.04. The second-order valence-corrected chi connectivity index (χ2v) is 6.93. The lowest BCUT2D eigenvalue weighted by atomic mass is 10.0. The van der Waals surface area contributed by atoms with Crippen molar-refractivity contribution in [1.29, 1.82) is 0 Å². The average molecular weight is 386 g/mol. The number of hydrogen-bond donors (Lipinski definition) is 2. The van der Waals surface area contributed by atoms with Gasteiger partial charge >= 0.3 is 0 Å². The number of carbonyl (C=O) groups excluding carboxylic acids is 2. The molecule has 28 heavy (non-hydrogen) atoms. The van der Waals surface area contributed by atoms with Crippen LogP contribution in [-0.4, -0.2) is 35.0 Å². The summed E-state index contributed by atoms with van der Waals surface area (Å²) in [5, 5.41) is 11.8. The molecule has 0 radical (unpaired) electrons. The number of amides is 2. The van der Waals surface area contributed by atoms with Crippen LogP contribution in [0.4, 0.5) is 4.39 Å². The van der Waals surface area contributed by atoms with Gasteiger partial charge in [0.05, 0.1) is 0 Å². The highest BCUT2D eigenvalue weighted by molar-refractivity contribution is 5.89. The maximum absolute atomic E-state index is 13.3. The van der Waals surface area contributed by atoms with Gasteiger partial charge in [-0.2, -0.15) is 0 Å². The summed E-state index contributed by atoms with van der Waals surface area (Å²) in [5.41, 5.74) is 1.43. The zero-order valence-corrected chi connectivity index (χ0v) is 16.3. The average Bonchev–Trinajstić information content (AvgIpc) is 2.69. The second kappa shape index (κ2) is 10.6. The molecular weight excluding hydrogens is 359 g/mol. The molecule has 150 valence electrons. The zero-order valence-electron chi connectivity index (χ0n) is 16.3. The Balaban J connectivity index is 2.39. The Morgan fingerprint density at radius 1 is 1.07 bits per heavy atom. The fraction of sp³-hybridized carbons (Fsp3) is 0.364. The van der Waals surface area contributed by atoms with E-state index in [-0.39, 0.29) is 36.7 Å². The minimum Gasteiger partial charge on any atom is -0.396 e. The van der Waals surface area contributed by atoms with Crippen LogP contribution in [0.3, 0.4) is 0 Å². The molecule has 2 aromatic rings. The van der Waals surface area contributed by atoms with Crippen molar-refractivity contribution >= 4 is 11.8 Å².